The van der Waals surface area contributed by atoms with Gasteiger partial charge in [-0.25, -0.2) is 13.9 Å². The second kappa shape index (κ2) is 8.61. The molecule has 2 N–H and O–H groups in total. The van der Waals surface area contributed by atoms with Gasteiger partial charge >= 0.3 is 5.97 Å². The fourth-order valence-corrected chi connectivity index (χ4v) is 7.65. The third kappa shape index (κ3) is 4.02. The summed E-state index contributed by atoms with van der Waals surface area (Å²) in [6.07, 6.45) is 8.60. The summed E-state index contributed by atoms with van der Waals surface area (Å²) in [5.41, 5.74) is 1.50. The number of aromatic nitrogens is 3. The maximum absolute atomic E-state index is 14.5. The fraction of sp³-hybridized carbons (Fsp3) is 0.464. The van der Waals surface area contributed by atoms with Crippen LogP contribution in [0.4, 0.5) is 4.39 Å². The van der Waals surface area contributed by atoms with Gasteiger partial charge in [0, 0.05) is 24.7 Å². The topological polar surface area (TPSA) is 115 Å². The number of amides is 2. The van der Waals surface area contributed by atoms with Gasteiger partial charge in [-0.2, -0.15) is 5.10 Å². The molecule has 5 aliphatic rings. The molecule has 0 unspecified atom stereocenters. The molecule has 8 rings (SSSR count). The maximum atomic E-state index is 14.5. The zero-order valence-electron chi connectivity index (χ0n) is 20.8. The van der Waals surface area contributed by atoms with E-state index < -0.39 is 17.6 Å². The van der Waals surface area contributed by atoms with Crippen molar-refractivity contribution in [1.82, 2.24) is 25.2 Å². The molecule has 4 saturated carbocycles. The van der Waals surface area contributed by atoms with Crippen LogP contribution in [0, 0.1) is 29.0 Å². The lowest BCUT2D eigenvalue weighted by molar-refractivity contribution is -0.131. The van der Waals surface area contributed by atoms with Crippen LogP contribution in [0.15, 0.2) is 30.5 Å². The SMILES string of the molecule is O=C1Cc2cc(CNC(=O)c3cc(C(=O)NCC45CC6CC(CC(C6)C4)C5)n4ncc(F)c4n3)ccc2O1. The molecule has 10 heteroatoms. The minimum absolute atomic E-state index is 0.0713. The highest BCUT2D eigenvalue weighted by molar-refractivity contribution is 5.98. The summed E-state index contributed by atoms with van der Waals surface area (Å²) < 4.78 is 20.7. The quantitative estimate of drug-likeness (QED) is 0.383. The smallest absolute Gasteiger partial charge is 0.315 e. The van der Waals surface area contributed by atoms with E-state index in [9.17, 15) is 18.8 Å². The number of nitrogens with zero attached hydrogens (tertiary/aromatic N) is 3. The molecule has 1 aromatic carbocycles. The third-order valence-electron chi connectivity index (χ3n) is 8.82. The van der Waals surface area contributed by atoms with Crippen LogP contribution in [0.3, 0.4) is 0 Å². The largest absolute Gasteiger partial charge is 0.426 e. The summed E-state index contributed by atoms with van der Waals surface area (Å²) in [6.45, 7) is 0.747. The van der Waals surface area contributed by atoms with E-state index in [0.717, 1.165) is 58.9 Å². The van der Waals surface area contributed by atoms with Crippen LogP contribution in [-0.4, -0.2) is 38.9 Å². The standard InChI is InChI=1S/C28H28FN5O4/c29-20-13-32-34-22(27(37)31-14-28-9-16-3-17(10-28)5-18(4-16)11-28)8-21(33-25(20)34)26(36)30-12-15-1-2-23-19(6-15)7-24(35)38-23/h1-2,6,8,13,16-18H,3-5,7,9-12,14H2,(H,30,36)(H,31,37). The van der Waals surface area contributed by atoms with E-state index in [-0.39, 0.29) is 41.4 Å². The zero-order chi connectivity index (χ0) is 26.0. The van der Waals surface area contributed by atoms with Gasteiger partial charge in [0.15, 0.2) is 11.5 Å². The Morgan fingerprint density at radius 2 is 1.79 bits per heavy atom. The van der Waals surface area contributed by atoms with Gasteiger partial charge in [-0.1, -0.05) is 6.07 Å². The normalized spacial score (nSPS) is 26.9. The molecule has 38 heavy (non-hydrogen) atoms. The van der Waals surface area contributed by atoms with Gasteiger partial charge < -0.3 is 15.4 Å². The molecular weight excluding hydrogens is 489 g/mol. The molecule has 196 valence electrons. The number of rotatable bonds is 6. The van der Waals surface area contributed by atoms with Gasteiger partial charge in [0.2, 0.25) is 0 Å². The second-order valence-corrected chi connectivity index (χ2v) is 11.6. The Labute approximate surface area is 218 Å². The van der Waals surface area contributed by atoms with Crippen molar-refractivity contribution in [2.45, 2.75) is 51.5 Å². The lowest BCUT2D eigenvalue weighted by atomic mass is 9.49. The molecule has 2 aromatic heterocycles. The van der Waals surface area contributed by atoms with Crippen molar-refractivity contribution in [2.24, 2.45) is 23.2 Å². The Balaban J connectivity index is 1.09. The van der Waals surface area contributed by atoms with E-state index in [4.69, 9.17) is 4.74 Å². The van der Waals surface area contributed by atoms with E-state index >= 15 is 0 Å². The molecule has 4 bridgehead atoms. The molecule has 3 heterocycles. The summed E-state index contributed by atoms with van der Waals surface area (Å²) in [4.78, 5) is 42.0. The van der Waals surface area contributed by atoms with Crippen molar-refractivity contribution in [2.75, 3.05) is 6.54 Å². The molecule has 0 radical (unpaired) electrons. The number of nitrogens with one attached hydrogen (secondary N) is 2. The van der Waals surface area contributed by atoms with Crippen molar-refractivity contribution in [3.05, 3.63) is 58.8 Å². The van der Waals surface area contributed by atoms with Crippen molar-refractivity contribution < 1.29 is 23.5 Å². The highest BCUT2D eigenvalue weighted by Gasteiger charge is 2.50. The predicted molar refractivity (Wildman–Crippen MR) is 133 cm³/mol. The molecule has 2 amide bonds. The van der Waals surface area contributed by atoms with Crippen LogP contribution in [0.1, 0.15) is 70.6 Å². The first-order valence-corrected chi connectivity index (χ1v) is 13.3. The number of hydrogen-bond donors (Lipinski definition) is 2. The summed E-state index contributed by atoms with van der Waals surface area (Å²) in [7, 11) is 0. The van der Waals surface area contributed by atoms with Gasteiger partial charge in [-0.15, -0.1) is 0 Å². The number of ether oxygens (including phenoxy) is 1. The number of carbonyl (C=O) groups excluding carboxylic acids is 3. The van der Waals surface area contributed by atoms with E-state index in [1.54, 1.807) is 18.2 Å². The first kappa shape index (κ1) is 23.3. The maximum Gasteiger partial charge on any atom is 0.315 e. The number of carbonyl (C=O) groups is 3. The molecule has 0 saturated heterocycles. The Morgan fingerprint density at radius 3 is 2.53 bits per heavy atom. The van der Waals surface area contributed by atoms with Gasteiger partial charge in [-0.3, -0.25) is 14.4 Å². The second-order valence-electron chi connectivity index (χ2n) is 11.6. The van der Waals surface area contributed by atoms with E-state index in [2.05, 4.69) is 20.7 Å². The van der Waals surface area contributed by atoms with Crippen LogP contribution < -0.4 is 15.4 Å². The Bertz CT molecular complexity index is 1460. The Morgan fingerprint density at radius 1 is 1.05 bits per heavy atom. The molecule has 4 aliphatic carbocycles. The van der Waals surface area contributed by atoms with Crippen molar-refractivity contribution in [3.63, 3.8) is 0 Å². The molecule has 4 fully saturated rings. The van der Waals surface area contributed by atoms with Crippen molar-refractivity contribution >= 4 is 23.4 Å². The highest BCUT2D eigenvalue weighted by atomic mass is 19.1. The van der Waals surface area contributed by atoms with Gasteiger partial charge in [-0.05, 0) is 79.4 Å². The summed E-state index contributed by atoms with van der Waals surface area (Å²) in [6, 6.07) is 6.62. The van der Waals surface area contributed by atoms with Crippen LogP contribution in [-0.2, 0) is 17.8 Å². The molecule has 3 aromatic rings. The van der Waals surface area contributed by atoms with E-state index in [1.165, 1.54) is 25.3 Å². The number of esters is 1. The highest BCUT2D eigenvalue weighted by Crippen LogP contribution is 2.59. The zero-order valence-corrected chi connectivity index (χ0v) is 20.8. The lowest BCUT2D eigenvalue weighted by Gasteiger charge is -2.56. The van der Waals surface area contributed by atoms with Gasteiger partial charge in [0.1, 0.15) is 17.1 Å². The Hall–Kier alpha value is -3.82. The van der Waals surface area contributed by atoms with Crippen LogP contribution >= 0.6 is 0 Å². The molecule has 0 spiro atoms. The van der Waals surface area contributed by atoms with E-state index in [0.29, 0.717) is 12.3 Å². The van der Waals surface area contributed by atoms with Crippen molar-refractivity contribution in [1.29, 1.82) is 0 Å². The van der Waals surface area contributed by atoms with Crippen LogP contribution in [0.5, 0.6) is 5.75 Å². The first-order chi connectivity index (χ1) is 18.3. The third-order valence-corrected chi connectivity index (χ3v) is 8.82. The first-order valence-electron chi connectivity index (χ1n) is 13.3. The fourth-order valence-electron chi connectivity index (χ4n) is 7.65. The summed E-state index contributed by atoms with van der Waals surface area (Å²) in [5, 5.41) is 9.85. The predicted octanol–water partition coefficient (Wildman–Crippen LogP) is 3.21. The number of fused-ring (bicyclic) bond motifs is 2. The number of halogens is 1. The Kier molecular flexibility index (Phi) is 5.28. The van der Waals surface area contributed by atoms with Crippen LogP contribution in [0.2, 0.25) is 0 Å². The van der Waals surface area contributed by atoms with E-state index in [1.807, 2.05) is 0 Å². The average Bonchev–Trinajstić information content (AvgIpc) is 3.45. The lowest BCUT2D eigenvalue weighted by Crippen LogP contribution is -2.51. The minimum Gasteiger partial charge on any atom is -0.426 e. The van der Waals surface area contributed by atoms with Crippen molar-refractivity contribution in [3.8, 4) is 5.75 Å². The minimum atomic E-state index is -0.710. The molecular formula is C28H28FN5O4. The summed E-state index contributed by atoms with van der Waals surface area (Å²) in [5.74, 6) is 0.857. The molecule has 0 atom stereocenters. The summed E-state index contributed by atoms with van der Waals surface area (Å²) >= 11 is 0. The van der Waals surface area contributed by atoms with Gasteiger partial charge in [0.05, 0.1) is 12.6 Å². The molecule has 1 aliphatic heterocycles. The monoisotopic (exact) mass is 517 g/mol. The molecule has 9 nitrogen and oxygen atoms in total. The average molecular weight is 518 g/mol. The van der Waals surface area contributed by atoms with Gasteiger partial charge in [0.25, 0.3) is 11.8 Å². The number of benzene rings is 1. The number of hydrogen-bond acceptors (Lipinski definition) is 6. The van der Waals surface area contributed by atoms with Crippen LogP contribution in [0.25, 0.3) is 5.65 Å².